The van der Waals surface area contributed by atoms with E-state index < -0.39 is 8.32 Å². The average Bonchev–Trinajstić information content (AvgIpc) is 2.70. The molecule has 0 aromatic rings. The average molecular weight is 465 g/mol. The molecule has 0 rings (SSSR count). The molecule has 0 amide bonds. The zero-order valence-electron chi connectivity index (χ0n) is 22.5. The van der Waals surface area contributed by atoms with E-state index in [1.807, 2.05) is 6.08 Å². The Hall–Kier alpha value is -1.16. The van der Waals surface area contributed by atoms with Crippen LogP contribution in [0.15, 0.2) is 23.8 Å². The maximum Gasteiger partial charge on any atom is 0.324 e. The van der Waals surface area contributed by atoms with Crippen molar-refractivity contribution in [3.05, 3.63) is 23.8 Å². The molecule has 0 aliphatic heterocycles. The van der Waals surface area contributed by atoms with Gasteiger partial charge in [-0.3, -0.25) is 4.79 Å². The van der Waals surface area contributed by atoms with E-state index in [0.717, 1.165) is 12.8 Å². The fraction of sp³-hybridized carbons (Fsp3) is 0.786. The lowest BCUT2D eigenvalue weighted by Crippen LogP contribution is -2.49. The highest BCUT2D eigenvalue weighted by atomic mass is 28.4. The van der Waals surface area contributed by atoms with Gasteiger partial charge in [0.25, 0.3) is 8.32 Å². The Morgan fingerprint density at radius 2 is 1.19 bits per heavy atom. The van der Waals surface area contributed by atoms with Crippen LogP contribution in [0.3, 0.4) is 0 Å². The summed E-state index contributed by atoms with van der Waals surface area (Å²) >= 11 is 0. The van der Waals surface area contributed by atoms with Crippen LogP contribution in [-0.2, 0) is 14.0 Å². The predicted octanol–water partition coefficient (Wildman–Crippen LogP) is 9.09. The highest BCUT2D eigenvalue weighted by molar-refractivity contribution is 6.79. The smallest absolute Gasteiger partial charge is 0.324 e. The maximum atomic E-state index is 13.1. The van der Waals surface area contributed by atoms with Gasteiger partial charge in [-0.05, 0) is 42.5 Å². The Kier molecular flexibility index (Phi) is 16.7. The topological polar surface area (TPSA) is 43.4 Å². The first-order valence-corrected chi connectivity index (χ1v) is 15.4. The van der Waals surface area contributed by atoms with Crippen molar-refractivity contribution in [3.8, 4) is 0 Å². The van der Waals surface area contributed by atoms with Crippen molar-refractivity contribution in [2.45, 2.75) is 143 Å². The first-order valence-electron chi connectivity index (χ1n) is 13.2. The lowest BCUT2D eigenvalue weighted by atomic mass is 10.1. The molecule has 0 unspecified atom stereocenters. The van der Waals surface area contributed by atoms with Gasteiger partial charge in [-0.1, -0.05) is 118 Å². The highest BCUT2D eigenvalue weighted by Crippen LogP contribution is 2.42. The number of unbranched alkanes of at least 4 members (excludes halogenated alkanes) is 10. The molecule has 0 radical (unpaired) electrons. The summed E-state index contributed by atoms with van der Waals surface area (Å²) in [6.45, 7) is 16.7. The number of ketones is 1. The largest absolute Gasteiger partial charge is 0.515 e. The first-order chi connectivity index (χ1) is 15.1. The van der Waals surface area contributed by atoms with Crippen molar-refractivity contribution in [2.75, 3.05) is 0 Å². The Balaban J connectivity index is 4.70. The van der Waals surface area contributed by atoms with Crippen molar-refractivity contribution in [2.24, 2.45) is 0 Å². The molecule has 3 nitrogen and oxygen atoms in total. The molecular weight excluding hydrogens is 412 g/mol. The third-order valence-corrected chi connectivity index (χ3v) is 12.5. The second-order valence-corrected chi connectivity index (χ2v) is 15.7. The molecule has 0 spiro atoms. The van der Waals surface area contributed by atoms with E-state index in [0.29, 0.717) is 22.2 Å². The number of carbonyl (C=O) groups is 2. The van der Waals surface area contributed by atoms with E-state index in [1.165, 1.54) is 70.8 Å². The molecule has 0 saturated carbocycles. The number of allylic oxidation sites excluding steroid dienone is 2. The molecule has 0 N–H and O–H groups in total. The standard InChI is InChI=1S/C28H52O3Si/c1-9-10-11-12-13-14-15-16-17-18-19-20-21-27(22-26(8)29)28(30)31-32(23(2)3,24(4)5)25(6)7/h20-25H,9-19H2,1-8H3/b21-20+,27-22-. The Labute approximate surface area is 200 Å². The summed E-state index contributed by atoms with van der Waals surface area (Å²) in [4.78, 5) is 24.8. The van der Waals surface area contributed by atoms with Crippen LogP contribution in [-0.4, -0.2) is 20.1 Å². The quantitative estimate of drug-likeness (QED) is 0.0879. The molecular formula is C28H52O3Si. The summed E-state index contributed by atoms with van der Waals surface area (Å²) in [6, 6.07) is 0. The van der Waals surface area contributed by atoms with Gasteiger partial charge in [0, 0.05) is 0 Å². The van der Waals surface area contributed by atoms with Gasteiger partial charge in [0.2, 0.25) is 0 Å². The lowest BCUT2D eigenvalue weighted by molar-refractivity contribution is -0.131. The van der Waals surface area contributed by atoms with Gasteiger partial charge >= 0.3 is 5.97 Å². The summed E-state index contributed by atoms with van der Waals surface area (Å²) in [5.41, 5.74) is 1.35. The number of hydrogen-bond acceptors (Lipinski definition) is 3. The van der Waals surface area contributed by atoms with E-state index in [1.54, 1.807) is 6.08 Å². The van der Waals surface area contributed by atoms with Crippen molar-refractivity contribution in [1.82, 2.24) is 0 Å². The van der Waals surface area contributed by atoms with Gasteiger partial charge in [0.1, 0.15) is 0 Å². The maximum absolute atomic E-state index is 13.1. The molecule has 0 heterocycles. The first kappa shape index (κ1) is 30.8. The van der Waals surface area contributed by atoms with Crippen LogP contribution >= 0.6 is 0 Å². The molecule has 0 aliphatic rings. The third-order valence-electron chi connectivity index (χ3n) is 6.59. The fourth-order valence-corrected chi connectivity index (χ4v) is 10.1. The minimum Gasteiger partial charge on any atom is -0.515 e. The molecule has 186 valence electrons. The third kappa shape index (κ3) is 11.6. The minimum absolute atomic E-state index is 0.119. The highest BCUT2D eigenvalue weighted by Gasteiger charge is 2.48. The molecule has 0 bridgehead atoms. The summed E-state index contributed by atoms with van der Waals surface area (Å²) in [5, 5.41) is 0. The van der Waals surface area contributed by atoms with Gasteiger partial charge in [-0.15, -0.1) is 0 Å². The van der Waals surface area contributed by atoms with Crippen LogP contribution in [0, 0.1) is 0 Å². The normalized spacial score (nSPS) is 13.0. The van der Waals surface area contributed by atoms with Crippen molar-refractivity contribution in [1.29, 1.82) is 0 Å². The molecule has 4 heteroatoms. The van der Waals surface area contributed by atoms with Gasteiger partial charge in [0.05, 0.1) is 5.57 Å². The molecule has 0 fully saturated rings. The molecule has 32 heavy (non-hydrogen) atoms. The Morgan fingerprint density at radius 3 is 1.59 bits per heavy atom. The van der Waals surface area contributed by atoms with Crippen LogP contribution in [0.25, 0.3) is 0 Å². The van der Waals surface area contributed by atoms with Crippen molar-refractivity contribution >= 4 is 20.1 Å². The van der Waals surface area contributed by atoms with E-state index in [2.05, 4.69) is 48.5 Å². The fourth-order valence-electron chi connectivity index (χ4n) is 4.93. The summed E-state index contributed by atoms with van der Waals surface area (Å²) in [5.74, 6) is -0.450. The Morgan fingerprint density at radius 1 is 0.750 bits per heavy atom. The molecule has 0 aromatic heterocycles. The summed E-state index contributed by atoms with van der Waals surface area (Å²) in [7, 11) is -2.32. The molecule has 0 atom stereocenters. The van der Waals surface area contributed by atoms with Gasteiger partial charge < -0.3 is 4.43 Å². The van der Waals surface area contributed by atoms with Crippen LogP contribution in [0.2, 0.25) is 16.6 Å². The van der Waals surface area contributed by atoms with Crippen LogP contribution in [0.4, 0.5) is 0 Å². The minimum atomic E-state index is -2.32. The molecule has 0 aliphatic carbocycles. The summed E-state index contributed by atoms with van der Waals surface area (Å²) < 4.78 is 6.27. The van der Waals surface area contributed by atoms with E-state index >= 15 is 0 Å². The summed E-state index contributed by atoms with van der Waals surface area (Å²) in [6.07, 6.45) is 19.3. The zero-order valence-corrected chi connectivity index (χ0v) is 23.5. The zero-order chi connectivity index (χ0) is 24.6. The Bertz CT molecular complexity index is 566. The second kappa shape index (κ2) is 17.3. The van der Waals surface area contributed by atoms with Crippen molar-refractivity contribution in [3.63, 3.8) is 0 Å². The monoisotopic (exact) mass is 464 g/mol. The number of hydrogen-bond donors (Lipinski definition) is 0. The van der Waals surface area contributed by atoms with Crippen molar-refractivity contribution < 1.29 is 14.0 Å². The predicted molar refractivity (Wildman–Crippen MR) is 142 cm³/mol. The lowest BCUT2D eigenvalue weighted by Gasteiger charge is -2.41. The van der Waals surface area contributed by atoms with E-state index in [-0.39, 0.29) is 11.8 Å². The number of rotatable bonds is 18. The van der Waals surface area contributed by atoms with Gasteiger partial charge in [0.15, 0.2) is 5.78 Å². The second-order valence-electron chi connectivity index (χ2n) is 10.3. The van der Waals surface area contributed by atoms with Crippen LogP contribution in [0.1, 0.15) is 126 Å². The van der Waals surface area contributed by atoms with E-state index in [9.17, 15) is 9.59 Å². The molecule has 0 saturated heterocycles. The van der Waals surface area contributed by atoms with Crippen LogP contribution < -0.4 is 0 Å². The number of carbonyl (C=O) groups excluding carboxylic acids is 2. The van der Waals surface area contributed by atoms with Gasteiger partial charge in [-0.2, -0.15) is 0 Å². The van der Waals surface area contributed by atoms with Gasteiger partial charge in [-0.25, -0.2) is 4.79 Å². The van der Waals surface area contributed by atoms with Crippen LogP contribution in [0.5, 0.6) is 0 Å². The molecule has 0 aromatic carbocycles. The SMILES string of the molecule is CCCCCCCCCCCC/C=C/C(=C/C(C)=O)C(=O)O[Si](C(C)C)(C(C)C)C(C)C. The van der Waals surface area contributed by atoms with E-state index in [4.69, 9.17) is 4.43 Å².